The summed E-state index contributed by atoms with van der Waals surface area (Å²) in [5, 5.41) is 3.29. The standard InChI is InChI=1S/C13H15BrFNO/c14-10-4-9(5-11(15)7-10)6-13(17)8-12-2-1-3-16-12/h4-5,7,12,16H,1-3,6,8H2. The number of carbonyl (C=O) groups is 1. The summed E-state index contributed by atoms with van der Waals surface area (Å²) in [5.41, 5.74) is 0.736. The number of halogens is 2. The van der Waals surface area contributed by atoms with Crippen LogP contribution in [0.15, 0.2) is 22.7 Å². The third-order valence-corrected chi connectivity index (χ3v) is 3.42. The topological polar surface area (TPSA) is 29.1 Å². The van der Waals surface area contributed by atoms with E-state index in [-0.39, 0.29) is 11.6 Å². The molecule has 0 aliphatic carbocycles. The highest BCUT2D eigenvalue weighted by Gasteiger charge is 2.17. The lowest BCUT2D eigenvalue weighted by atomic mass is 10.0. The van der Waals surface area contributed by atoms with Crippen molar-refractivity contribution < 1.29 is 9.18 Å². The van der Waals surface area contributed by atoms with Crippen molar-refractivity contribution in [1.82, 2.24) is 5.32 Å². The molecule has 17 heavy (non-hydrogen) atoms. The van der Waals surface area contributed by atoms with Gasteiger partial charge in [-0.15, -0.1) is 0 Å². The van der Waals surface area contributed by atoms with Crippen LogP contribution in [0, 0.1) is 5.82 Å². The number of nitrogens with one attached hydrogen (secondary N) is 1. The van der Waals surface area contributed by atoms with Crippen molar-refractivity contribution in [2.24, 2.45) is 0 Å². The van der Waals surface area contributed by atoms with Crippen LogP contribution in [0.1, 0.15) is 24.8 Å². The van der Waals surface area contributed by atoms with Crippen molar-refractivity contribution in [3.8, 4) is 0 Å². The molecular formula is C13H15BrFNO. The van der Waals surface area contributed by atoms with Gasteiger partial charge in [-0.05, 0) is 43.1 Å². The number of benzene rings is 1. The molecule has 0 radical (unpaired) electrons. The second-order valence-electron chi connectivity index (χ2n) is 4.49. The lowest BCUT2D eigenvalue weighted by Gasteiger charge is -2.09. The first-order chi connectivity index (χ1) is 8.13. The van der Waals surface area contributed by atoms with Crippen molar-refractivity contribution in [3.05, 3.63) is 34.1 Å². The smallest absolute Gasteiger partial charge is 0.138 e. The predicted molar refractivity (Wildman–Crippen MR) is 68.5 cm³/mol. The molecule has 2 rings (SSSR count). The molecule has 0 aromatic heterocycles. The Bertz CT molecular complexity index is 396. The summed E-state index contributed by atoms with van der Waals surface area (Å²) in [5.74, 6) is -0.136. The molecule has 0 spiro atoms. The Morgan fingerprint density at radius 1 is 1.47 bits per heavy atom. The largest absolute Gasteiger partial charge is 0.314 e. The highest BCUT2D eigenvalue weighted by Crippen LogP contribution is 2.17. The number of ketones is 1. The van der Waals surface area contributed by atoms with Crippen molar-refractivity contribution in [2.45, 2.75) is 31.7 Å². The summed E-state index contributed by atoms with van der Waals surface area (Å²) in [7, 11) is 0. The Kier molecular flexibility index (Phi) is 4.29. The Balaban J connectivity index is 1.92. The quantitative estimate of drug-likeness (QED) is 0.926. The molecular weight excluding hydrogens is 285 g/mol. The molecule has 1 aromatic rings. The van der Waals surface area contributed by atoms with Gasteiger partial charge < -0.3 is 5.32 Å². The Morgan fingerprint density at radius 2 is 2.29 bits per heavy atom. The van der Waals surface area contributed by atoms with E-state index < -0.39 is 0 Å². The van der Waals surface area contributed by atoms with E-state index in [1.54, 1.807) is 6.07 Å². The fourth-order valence-corrected chi connectivity index (χ4v) is 2.73. The zero-order valence-corrected chi connectivity index (χ0v) is 11.1. The zero-order valence-electron chi connectivity index (χ0n) is 9.51. The Morgan fingerprint density at radius 3 is 2.94 bits per heavy atom. The summed E-state index contributed by atoms with van der Waals surface area (Å²) < 4.78 is 13.8. The Hall–Kier alpha value is -0.740. The third-order valence-electron chi connectivity index (χ3n) is 2.96. The second-order valence-corrected chi connectivity index (χ2v) is 5.41. The van der Waals surface area contributed by atoms with E-state index in [1.165, 1.54) is 12.1 Å². The minimum atomic E-state index is -0.304. The van der Waals surface area contributed by atoms with E-state index in [1.807, 2.05) is 0 Å². The van der Waals surface area contributed by atoms with Gasteiger partial charge in [0.1, 0.15) is 11.6 Å². The van der Waals surface area contributed by atoms with E-state index in [4.69, 9.17) is 0 Å². The molecule has 92 valence electrons. The first-order valence-corrected chi connectivity index (χ1v) is 6.63. The summed E-state index contributed by atoms with van der Waals surface area (Å²) in [4.78, 5) is 11.8. The van der Waals surface area contributed by atoms with E-state index in [2.05, 4.69) is 21.2 Å². The van der Waals surface area contributed by atoms with Crippen LogP contribution in [0.5, 0.6) is 0 Å². The molecule has 1 atom stereocenters. The van der Waals surface area contributed by atoms with E-state index in [9.17, 15) is 9.18 Å². The van der Waals surface area contributed by atoms with Crippen LogP contribution < -0.4 is 5.32 Å². The maximum atomic E-state index is 13.1. The van der Waals surface area contributed by atoms with Gasteiger partial charge in [0.2, 0.25) is 0 Å². The monoisotopic (exact) mass is 299 g/mol. The fraction of sp³-hybridized carbons (Fsp3) is 0.462. The number of rotatable bonds is 4. The number of Topliss-reactive ketones (excluding diaryl/α,β-unsaturated/α-hetero) is 1. The minimum absolute atomic E-state index is 0.168. The molecule has 1 aliphatic rings. The van der Waals surface area contributed by atoms with Gasteiger partial charge in [0.15, 0.2) is 0 Å². The maximum Gasteiger partial charge on any atom is 0.138 e. The van der Waals surface area contributed by atoms with Gasteiger partial charge in [0, 0.05) is 23.4 Å². The van der Waals surface area contributed by atoms with Gasteiger partial charge in [-0.1, -0.05) is 15.9 Å². The molecule has 1 heterocycles. The first kappa shape index (κ1) is 12.7. The highest BCUT2D eigenvalue weighted by molar-refractivity contribution is 9.10. The van der Waals surface area contributed by atoms with Crippen molar-refractivity contribution in [3.63, 3.8) is 0 Å². The molecule has 1 aliphatic heterocycles. The van der Waals surface area contributed by atoms with Crippen LogP contribution in [0.25, 0.3) is 0 Å². The molecule has 4 heteroatoms. The molecule has 0 amide bonds. The third kappa shape index (κ3) is 3.89. The minimum Gasteiger partial charge on any atom is -0.314 e. The van der Waals surface area contributed by atoms with Crippen molar-refractivity contribution in [2.75, 3.05) is 6.54 Å². The molecule has 1 aromatic carbocycles. The summed E-state index contributed by atoms with van der Waals surface area (Å²) in [6.45, 7) is 1.00. The van der Waals surface area contributed by atoms with Crippen LogP contribution in [0.2, 0.25) is 0 Å². The van der Waals surface area contributed by atoms with Crippen molar-refractivity contribution in [1.29, 1.82) is 0 Å². The van der Waals surface area contributed by atoms with Gasteiger partial charge >= 0.3 is 0 Å². The lowest BCUT2D eigenvalue weighted by molar-refractivity contribution is -0.118. The molecule has 1 unspecified atom stereocenters. The summed E-state index contributed by atoms with van der Waals surface area (Å²) >= 11 is 3.23. The second kappa shape index (κ2) is 5.74. The first-order valence-electron chi connectivity index (χ1n) is 5.83. The number of hydrogen-bond donors (Lipinski definition) is 1. The van der Waals surface area contributed by atoms with Crippen LogP contribution in [-0.4, -0.2) is 18.4 Å². The molecule has 2 nitrogen and oxygen atoms in total. The lowest BCUT2D eigenvalue weighted by Crippen LogP contribution is -2.25. The van der Waals surface area contributed by atoms with Gasteiger partial charge in [0.25, 0.3) is 0 Å². The normalized spacial score (nSPS) is 19.5. The van der Waals surface area contributed by atoms with E-state index in [0.29, 0.717) is 23.4 Å². The predicted octanol–water partition coefficient (Wildman–Crippen LogP) is 2.84. The summed E-state index contributed by atoms with van der Waals surface area (Å²) in [6.07, 6.45) is 3.07. The van der Waals surface area contributed by atoms with Gasteiger partial charge in [0.05, 0.1) is 0 Å². The SMILES string of the molecule is O=C(Cc1cc(F)cc(Br)c1)CC1CCCN1. The summed E-state index contributed by atoms with van der Waals surface area (Å²) in [6, 6.07) is 4.93. The average molecular weight is 300 g/mol. The number of carbonyl (C=O) groups excluding carboxylic acids is 1. The van der Waals surface area contributed by atoms with Crippen LogP contribution in [0.4, 0.5) is 4.39 Å². The maximum absolute atomic E-state index is 13.1. The molecule has 0 bridgehead atoms. The zero-order chi connectivity index (χ0) is 12.3. The molecule has 1 fully saturated rings. The van der Waals surface area contributed by atoms with E-state index in [0.717, 1.165) is 24.9 Å². The Labute approximate surface area is 109 Å². The van der Waals surface area contributed by atoms with Crippen LogP contribution in [-0.2, 0) is 11.2 Å². The fourth-order valence-electron chi connectivity index (χ4n) is 2.22. The number of hydrogen-bond acceptors (Lipinski definition) is 2. The van der Waals surface area contributed by atoms with Gasteiger partial charge in [-0.2, -0.15) is 0 Å². The van der Waals surface area contributed by atoms with Gasteiger partial charge in [-0.3, -0.25) is 4.79 Å². The molecule has 1 saturated heterocycles. The van der Waals surface area contributed by atoms with Crippen molar-refractivity contribution >= 4 is 21.7 Å². The van der Waals surface area contributed by atoms with Crippen LogP contribution in [0.3, 0.4) is 0 Å². The molecule has 0 saturated carbocycles. The molecule has 1 N–H and O–H groups in total. The van der Waals surface area contributed by atoms with Gasteiger partial charge in [-0.25, -0.2) is 4.39 Å². The average Bonchev–Trinajstić information content (AvgIpc) is 2.67. The van der Waals surface area contributed by atoms with Crippen LogP contribution >= 0.6 is 15.9 Å². The highest BCUT2D eigenvalue weighted by atomic mass is 79.9. The van der Waals surface area contributed by atoms with E-state index >= 15 is 0 Å².